The lowest BCUT2D eigenvalue weighted by molar-refractivity contribution is -0.133. The molecule has 1 amide bonds. The van der Waals surface area contributed by atoms with Crippen LogP contribution in [0.1, 0.15) is 37.1 Å². The third kappa shape index (κ3) is 3.50. The van der Waals surface area contributed by atoms with Gasteiger partial charge in [-0.3, -0.25) is 14.2 Å². The lowest BCUT2D eigenvalue weighted by Crippen LogP contribution is -2.43. The minimum absolute atomic E-state index is 0.00892. The van der Waals surface area contributed by atoms with Crippen molar-refractivity contribution in [2.24, 2.45) is 5.92 Å². The van der Waals surface area contributed by atoms with E-state index >= 15 is 0 Å². The van der Waals surface area contributed by atoms with E-state index in [9.17, 15) is 18.0 Å². The van der Waals surface area contributed by atoms with E-state index in [1.165, 1.54) is 15.8 Å². The van der Waals surface area contributed by atoms with E-state index in [1.807, 2.05) is 6.92 Å². The molecule has 3 heterocycles. The molecule has 0 unspecified atom stereocenters. The Balaban J connectivity index is 1.62. The van der Waals surface area contributed by atoms with Gasteiger partial charge in [0.05, 0.1) is 23.2 Å². The molecule has 2 aromatic rings. The molecule has 2 atom stereocenters. The van der Waals surface area contributed by atoms with Crippen LogP contribution in [0, 0.1) is 5.92 Å². The van der Waals surface area contributed by atoms with Crippen LogP contribution in [-0.4, -0.2) is 52.9 Å². The lowest BCUT2D eigenvalue weighted by Gasteiger charge is -2.27. The van der Waals surface area contributed by atoms with Crippen molar-refractivity contribution in [3.8, 4) is 0 Å². The van der Waals surface area contributed by atoms with Gasteiger partial charge in [0.15, 0.2) is 9.84 Å². The molecule has 152 valence electrons. The van der Waals surface area contributed by atoms with Crippen molar-refractivity contribution in [3.63, 3.8) is 0 Å². The van der Waals surface area contributed by atoms with E-state index < -0.39 is 9.84 Å². The standard InChI is InChI=1S/C19H25N3O4S2/c1-3-22(13-6-7-28(25,26)10-13)16(23)9-21-11-20-18-17(19(21)24)14-5-4-12(2)8-15(14)27-18/h11-13H,3-10H2,1-2H3/t12-,13-/m1/s1. The lowest BCUT2D eigenvalue weighted by atomic mass is 9.89. The zero-order valence-electron chi connectivity index (χ0n) is 16.2. The zero-order chi connectivity index (χ0) is 20.1. The van der Waals surface area contributed by atoms with Crippen LogP contribution in [0.4, 0.5) is 0 Å². The molecular formula is C19H25N3O4S2. The topological polar surface area (TPSA) is 89.3 Å². The first-order valence-electron chi connectivity index (χ1n) is 9.78. The Morgan fingerprint density at radius 1 is 1.39 bits per heavy atom. The van der Waals surface area contributed by atoms with Crippen LogP contribution in [0.25, 0.3) is 10.2 Å². The summed E-state index contributed by atoms with van der Waals surface area (Å²) >= 11 is 1.59. The van der Waals surface area contributed by atoms with Crippen LogP contribution in [0.2, 0.25) is 0 Å². The van der Waals surface area contributed by atoms with Gasteiger partial charge >= 0.3 is 0 Å². The van der Waals surface area contributed by atoms with Gasteiger partial charge in [0, 0.05) is 17.5 Å². The average Bonchev–Trinajstić information content (AvgIpc) is 3.17. The number of sulfone groups is 1. The summed E-state index contributed by atoms with van der Waals surface area (Å²) in [6, 6.07) is -0.301. The number of aromatic nitrogens is 2. The Kier molecular flexibility index (Phi) is 5.07. The maximum Gasteiger partial charge on any atom is 0.262 e. The second-order valence-electron chi connectivity index (χ2n) is 7.95. The molecule has 1 aliphatic heterocycles. The van der Waals surface area contributed by atoms with Gasteiger partial charge < -0.3 is 4.90 Å². The number of carbonyl (C=O) groups excluding carboxylic acids is 1. The summed E-state index contributed by atoms with van der Waals surface area (Å²) in [6.45, 7) is 4.38. The average molecular weight is 424 g/mol. The number of carbonyl (C=O) groups is 1. The van der Waals surface area contributed by atoms with Gasteiger partial charge in [-0.2, -0.15) is 0 Å². The quantitative estimate of drug-likeness (QED) is 0.745. The molecular weight excluding hydrogens is 398 g/mol. The smallest absolute Gasteiger partial charge is 0.262 e. The number of fused-ring (bicyclic) bond motifs is 3. The first-order valence-corrected chi connectivity index (χ1v) is 12.4. The van der Waals surface area contributed by atoms with Crippen LogP contribution >= 0.6 is 11.3 Å². The monoisotopic (exact) mass is 423 g/mol. The molecule has 1 aliphatic carbocycles. The molecule has 7 nitrogen and oxygen atoms in total. The number of amides is 1. The van der Waals surface area contributed by atoms with E-state index in [0.717, 1.165) is 29.7 Å². The largest absolute Gasteiger partial charge is 0.337 e. The predicted octanol–water partition coefficient (Wildman–Crippen LogP) is 1.62. The third-order valence-electron chi connectivity index (χ3n) is 5.90. The molecule has 28 heavy (non-hydrogen) atoms. The number of likely N-dealkylation sites (N-methyl/N-ethyl adjacent to an activating group) is 1. The maximum atomic E-state index is 13.1. The van der Waals surface area contributed by atoms with Gasteiger partial charge in [0.1, 0.15) is 11.4 Å². The van der Waals surface area contributed by atoms with Crippen molar-refractivity contribution in [2.45, 2.75) is 52.1 Å². The molecule has 0 saturated carbocycles. The van der Waals surface area contributed by atoms with Crippen molar-refractivity contribution in [1.82, 2.24) is 14.5 Å². The normalized spacial score (nSPS) is 23.6. The highest BCUT2D eigenvalue weighted by atomic mass is 32.2. The Morgan fingerprint density at radius 2 is 2.18 bits per heavy atom. The summed E-state index contributed by atoms with van der Waals surface area (Å²) in [6.07, 6.45) is 4.84. The van der Waals surface area contributed by atoms with Crippen LogP contribution < -0.4 is 5.56 Å². The van der Waals surface area contributed by atoms with Crippen LogP contribution in [0.5, 0.6) is 0 Å². The zero-order valence-corrected chi connectivity index (χ0v) is 17.8. The highest BCUT2D eigenvalue weighted by molar-refractivity contribution is 7.91. The van der Waals surface area contributed by atoms with Gasteiger partial charge in [0.2, 0.25) is 5.91 Å². The number of hydrogen-bond acceptors (Lipinski definition) is 6. The van der Waals surface area contributed by atoms with E-state index in [0.29, 0.717) is 24.3 Å². The summed E-state index contributed by atoms with van der Waals surface area (Å²) in [4.78, 5) is 34.0. The van der Waals surface area contributed by atoms with E-state index in [2.05, 4.69) is 11.9 Å². The van der Waals surface area contributed by atoms with Crippen LogP contribution in [0.3, 0.4) is 0 Å². The van der Waals surface area contributed by atoms with Crippen molar-refractivity contribution < 1.29 is 13.2 Å². The van der Waals surface area contributed by atoms with Crippen molar-refractivity contribution in [2.75, 3.05) is 18.1 Å². The molecule has 0 radical (unpaired) electrons. The molecule has 0 N–H and O–H groups in total. The molecule has 0 spiro atoms. The number of thiophene rings is 1. The van der Waals surface area contributed by atoms with E-state index in [1.54, 1.807) is 16.2 Å². The molecule has 0 bridgehead atoms. The SMILES string of the molecule is CCN(C(=O)Cn1cnc2sc3c(c2c1=O)CC[C@@H](C)C3)[C@@H]1CCS(=O)(=O)C1. The number of aryl methyl sites for hydroxylation is 1. The Labute approximate surface area is 168 Å². The molecule has 4 rings (SSSR count). The Bertz CT molecular complexity index is 1090. The van der Waals surface area contributed by atoms with Crippen LogP contribution in [0.15, 0.2) is 11.1 Å². The van der Waals surface area contributed by atoms with Crippen LogP contribution in [-0.2, 0) is 34.0 Å². The summed E-state index contributed by atoms with van der Waals surface area (Å²) < 4.78 is 24.9. The maximum absolute atomic E-state index is 13.1. The summed E-state index contributed by atoms with van der Waals surface area (Å²) in [7, 11) is -3.07. The van der Waals surface area contributed by atoms with E-state index in [-0.39, 0.29) is 35.6 Å². The fraction of sp³-hybridized carbons (Fsp3) is 0.632. The van der Waals surface area contributed by atoms with Gasteiger partial charge in [-0.25, -0.2) is 13.4 Å². The van der Waals surface area contributed by atoms with Gasteiger partial charge in [-0.1, -0.05) is 6.92 Å². The molecule has 2 aromatic heterocycles. The molecule has 2 aliphatic rings. The minimum atomic E-state index is -3.07. The number of nitrogens with zero attached hydrogens (tertiary/aromatic N) is 3. The van der Waals surface area contributed by atoms with E-state index in [4.69, 9.17) is 0 Å². The van der Waals surface area contributed by atoms with Crippen molar-refractivity contribution in [1.29, 1.82) is 0 Å². The summed E-state index contributed by atoms with van der Waals surface area (Å²) in [5, 5.41) is 0.661. The molecule has 1 saturated heterocycles. The first-order chi connectivity index (χ1) is 13.3. The second kappa shape index (κ2) is 7.26. The number of hydrogen-bond donors (Lipinski definition) is 0. The fourth-order valence-corrected chi connectivity index (χ4v) is 7.45. The highest BCUT2D eigenvalue weighted by Gasteiger charge is 2.34. The van der Waals surface area contributed by atoms with Crippen molar-refractivity contribution in [3.05, 3.63) is 27.1 Å². The first kappa shape index (κ1) is 19.6. The molecule has 1 fully saturated rings. The fourth-order valence-electron chi connectivity index (χ4n) is 4.37. The minimum Gasteiger partial charge on any atom is -0.337 e. The molecule has 9 heteroatoms. The van der Waals surface area contributed by atoms with Gasteiger partial charge in [-0.05, 0) is 44.1 Å². The van der Waals surface area contributed by atoms with Crippen molar-refractivity contribution >= 4 is 37.3 Å². The second-order valence-corrected chi connectivity index (χ2v) is 11.3. The Morgan fingerprint density at radius 3 is 2.86 bits per heavy atom. The predicted molar refractivity (Wildman–Crippen MR) is 110 cm³/mol. The highest BCUT2D eigenvalue weighted by Crippen LogP contribution is 2.35. The summed E-state index contributed by atoms with van der Waals surface area (Å²) in [5.41, 5.74) is 0.937. The number of rotatable bonds is 4. The summed E-state index contributed by atoms with van der Waals surface area (Å²) in [5.74, 6) is 0.513. The molecule has 0 aromatic carbocycles. The third-order valence-corrected chi connectivity index (χ3v) is 8.81. The van der Waals surface area contributed by atoms with Gasteiger partial charge in [-0.15, -0.1) is 11.3 Å². The Hall–Kier alpha value is -1.74. The van der Waals surface area contributed by atoms with Gasteiger partial charge in [0.25, 0.3) is 5.56 Å².